The first-order valence-electron chi connectivity index (χ1n) is 4.91. The molecule has 4 heteroatoms. The van der Waals surface area contributed by atoms with Crippen molar-refractivity contribution >= 4 is 50.4 Å². The van der Waals surface area contributed by atoms with E-state index < -0.39 is 0 Å². The SMILES string of the molecule is Br[C@]1(c2cccs2)SC=C[C@@H]1c1cccs1. The molecule has 0 saturated carbocycles. The molecule has 1 aliphatic rings. The molecule has 0 nitrogen and oxygen atoms in total. The van der Waals surface area contributed by atoms with Crippen LogP contribution in [0.3, 0.4) is 0 Å². The van der Waals surface area contributed by atoms with Crippen LogP contribution in [0.25, 0.3) is 0 Å². The Hall–Kier alpha value is -0.0300. The number of rotatable bonds is 2. The first-order valence-corrected chi connectivity index (χ1v) is 8.35. The minimum Gasteiger partial charge on any atom is -0.148 e. The zero-order valence-corrected chi connectivity index (χ0v) is 12.3. The number of allylic oxidation sites excluding steroid dienone is 1. The zero-order chi connectivity index (χ0) is 11.0. The topological polar surface area (TPSA) is 0 Å². The lowest BCUT2D eigenvalue weighted by Crippen LogP contribution is -2.16. The average Bonchev–Trinajstić information content (AvgIpc) is 2.99. The Morgan fingerprint density at radius 1 is 1.12 bits per heavy atom. The van der Waals surface area contributed by atoms with Crippen molar-refractivity contribution in [2.45, 2.75) is 9.57 Å². The van der Waals surface area contributed by atoms with Crippen LogP contribution < -0.4 is 0 Å². The van der Waals surface area contributed by atoms with Crippen LogP contribution in [0.5, 0.6) is 0 Å². The summed E-state index contributed by atoms with van der Waals surface area (Å²) in [6, 6.07) is 8.67. The van der Waals surface area contributed by atoms with Crippen molar-refractivity contribution in [3.05, 3.63) is 56.3 Å². The number of alkyl halides is 1. The van der Waals surface area contributed by atoms with Gasteiger partial charge in [0.25, 0.3) is 0 Å². The number of thiophene rings is 2. The molecule has 0 amide bonds. The number of hydrogen-bond donors (Lipinski definition) is 0. The fourth-order valence-electron chi connectivity index (χ4n) is 1.84. The summed E-state index contributed by atoms with van der Waals surface area (Å²) in [6.07, 6.45) is 2.30. The molecule has 0 radical (unpaired) electrons. The van der Waals surface area contributed by atoms with Crippen LogP contribution >= 0.6 is 50.4 Å². The Bertz CT molecular complexity index is 486. The lowest BCUT2D eigenvalue weighted by atomic mass is 10.0. The van der Waals surface area contributed by atoms with Gasteiger partial charge in [-0.05, 0) is 28.3 Å². The molecule has 0 aliphatic carbocycles. The van der Waals surface area contributed by atoms with Crippen molar-refractivity contribution in [1.29, 1.82) is 0 Å². The van der Waals surface area contributed by atoms with E-state index in [1.165, 1.54) is 9.75 Å². The fourth-order valence-corrected chi connectivity index (χ4v) is 6.09. The summed E-state index contributed by atoms with van der Waals surface area (Å²) in [4.78, 5) is 2.81. The van der Waals surface area contributed by atoms with Crippen molar-refractivity contribution < 1.29 is 0 Å². The van der Waals surface area contributed by atoms with E-state index in [1.54, 1.807) is 0 Å². The molecule has 16 heavy (non-hydrogen) atoms. The van der Waals surface area contributed by atoms with Crippen LogP contribution in [0.15, 0.2) is 46.5 Å². The molecule has 2 aromatic rings. The Morgan fingerprint density at radius 2 is 1.94 bits per heavy atom. The van der Waals surface area contributed by atoms with Crippen LogP contribution in [0.1, 0.15) is 15.7 Å². The summed E-state index contributed by atoms with van der Waals surface area (Å²) >= 11 is 9.45. The molecule has 1 aliphatic heterocycles. The van der Waals surface area contributed by atoms with Gasteiger partial charge in [0.05, 0.1) is 0 Å². The monoisotopic (exact) mass is 328 g/mol. The summed E-state index contributed by atoms with van der Waals surface area (Å²) in [5.74, 6) is 0.441. The third kappa shape index (κ3) is 1.72. The Kier molecular flexibility index (Phi) is 3.00. The van der Waals surface area contributed by atoms with Gasteiger partial charge in [-0.2, -0.15) is 0 Å². The van der Waals surface area contributed by atoms with Gasteiger partial charge in [-0.3, -0.25) is 0 Å². The van der Waals surface area contributed by atoms with E-state index in [2.05, 4.69) is 62.4 Å². The Morgan fingerprint density at radius 3 is 2.62 bits per heavy atom. The van der Waals surface area contributed by atoms with Crippen LogP contribution in [0.2, 0.25) is 0 Å². The highest BCUT2D eigenvalue weighted by molar-refractivity contribution is 9.11. The van der Waals surface area contributed by atoms with Crippen molar-refractivity contribution in [2.24, 2.45) is 0 Å². The van der Waals surface area contributed by atoms with Crippen molar-refractivity contribution in [3.63, 3.8) is 0 Å². The first kappa shape index (κ1) is 11.1. The number of thioether (sulfide) groups is 1. The van der Waals surface area contributed by atoms with Gasteiger partial charge in [0.1, 0.15) is 3.66 Å². The maximum absolute atomic E-state index is 3.94. The van der Waals surface area contributed by atoms with Gasteiger partial charge in [-0.1, -0.05) is 34.1 Å². The highest BCUT2D eigenvalue weighted by Crippen LogP contribution is 2.59. The molecule has 0 aromatic carbocycles. The standard InChI is InChI=1S/C12H9BrS3/c13-12(11-4-2-7-15-11)9(5-8-16-12)10-3-1-6-14-10/h1-9H/t9-,12+/m1/s1. The van der Waals surface area contributed by atoms with Crippen LogP contribution in [0.4, 0.5) is 0 Å². The molecular formula is C12H9BrS3. The molecule has 2 atom stereocenters. The highest BCUT2D eigenvalue weighted by Gasteiger charge is 2.42. The van der Waals surface area contributed by atoms with E-state index in [9.17, 15) is 0 Å². The smallest absolute Gasteiger partial charge is 0.120 e. The van der Waals surface area contributed by atoms with Gasteiger partial charge < -0.3 is 0 Å². The second-order valence-corrected chi connectivity index (χ2v) is 8.42. The minimum absolute atomic E-state index is 0.00597. The molecule has 0 unspecified atom stereocenters. The predicted octanol–water partition coefficient (Wildman–Crippen LogP) is 5.40. The van der Waals surface area contributed by atoms with E-state index in [-0.39, 0.29) is 3.66 Å². The molecule has 0 bridgehead atoms. The minimum atomic E-state index is 0.00597. The molecule has 0 spiro atoms. The largest absolute Gasteiger partial charge is 0.148 e. The third-order valence-corrected chi connectivity index (χ3v) is 7.56. The van der Waals surface area contributed by atoms with Crippen molar-refractivity contribution in [2.75, 3.05) is 0 Å². The van der Waals surface area contributed by atoms with Gasteiger partial charge in [-0.25, -0.2) is 0 Å². The van der Waals surface area contributed by atoms with Crippen molar-refractivity contribution in [3.8, 4) is 0 Å². The van der Waals surface area contributed by atoms with Gasteiger partial charge in [0, 0.05) is 15.7 Å². The summed E-state index contributed by atoms with van der Waals surface area (Å²) in [5.41, 5.74) is 0. The summed E-state index contributed by atoms with van der Waals surface area (Å²) < 4.78 is 0.00597. The quantitative estimate of drug-likeness (QED) is 0.665. The second-order valence-electron chi connectivity index (χ2n) is 3.56. The summed E-state index contributed by atoms with van der Waals surface area (Å²) in [5, 5.41) is 6.50. The maximum atomic E-state index is 3.94. The molecule has 0 saturated heterocycles. The van der Waals surface area contributed by atoms with Crippen LogP contribution in [-0.2, 0) is 3.66 Å². The van der Waals surface area contributed by atoms with E-state index >= 15 is 0 Å². The van der Waals surface area contributed by atoms with Crippen LogP contribution in [-0.4, -0.2) is 0 Å². The Balaban J connectivity index is 2.03. The van der Waals surface area contributed by atoms with Gasteiger partial charge in [-0.15, -0.1) is 34.4 Å². The molecule has 3 rings (SSSR count). The van der Waals surface area contributed by atoms with E-state index in [1.807, 2.05) is 34.4 Å². The van der Waals surface area contributed by atoms with Gasteiger partial charge >= 0.3 is 0 Å². The molecule has 82 valence electrons. The number of halogens is 1. The lowest BCUT2D eigenvalue weighted by Gasteiger charge is -2.26. The molecule has 0 fully saturated rings. The highest BCUT2D eigenvalue weighted by atomic mass is 79.9. The molecule has 0 N–H and O–H groups in total. The Labute approximate surface area is 116 Å². The fraction of sp³-hybridized carbons (Fsp3) is 0.167. The summed E-state index contributed by atoms with van der Waals surface area (Å²) in [7, 11) is 0. The lowest BCUT2D eigenvalue weighted by molar-refractivity contribution is 0.817. The van der Waals surface area contributed by atoms with Gasteiger partial charge in [0.15, 0.2) is 0 Å². The van der Waals surface area contributed by atoms with Gasteiger partial charge in [0.2, 0.25) is 0 Å². The van der Waals surface area contributed by atoms with Crippen LogP contribution in [0, 0.1) is 0 Å². The van der Waals surface area contributed by atoms with E-state index in [0.717, 1.165) is 0 Å². The predicted molar refractivity (Wildman–Crippen MR) is 78.7 cm³/mol. The normalized spacial score (nSPS) is 28.7. The first-order chi connectivity index (χ1) is 7.81. The molecule has 2 aromatic heterocycles. The van der Waals surface area contributed by atoms with Crippen molar-refractivity contribution in [1.82, 2.24) is 0 Å². The maximum Gasteiger partial charge on any atom is 0.120 e. The average molecular weight is 329 g/mol. The van der Waals surface area contributed by atoms with E-state index in [0.29, 0.717) is 5.92 Å². The zero-order valence-electron chi connectivity index (χ0n) is 8.30. The second kappa shape index (κ2) is 4.33. The summed E-state index contributed by atoms with van der Waals surface area (Å²) in [6.45, 7) is 0. The molecule has 3 heterocycles. The number of hydrogen-bond acceptors (Lipinski definition) is 3. The molecular weight excluding hydrogens is 320 g/mol. The van der Waals surface area contributed by atoms with E-state index in [4.69, 9.17) is 0 Å². The third-order valence-electron chi connectivity index (χ3n) is 2.62.